The number of hydrogen-bond acceptors (Lipinski definition) is 6. The van der Waals surface area contributed by atoms with Gasteiger partial charge in [0.1, 0.15) is 12.6 Å². The number of nitrogens with one attached hydrogen (secondary N) is 1. The Morgan fingerprint density at radius 2 is 2.18 bits per heavy atom. The Labute approximate surface area is 127 Å². The molecule has 8 nitrogen and oxygen atoms in total. The lowest BCUT2D eigenvalue weighted by Gasteiger charge is -2.10. The van der Waals surface area contributed by atoms with E-state index in [1.807, 2.05) is 0 Å². The van der Waals surface area contributed by atoms with Gasteiger partial charge in [0.05, 0.1) is 0 Å². The average Bonchev–Trinajstić information content (AvgIpc) is 2.89. The number of amides is 1. The van der Waals surface area contributed by atoms with Crippen LogP contribution in [0.4, 0.5) is 0 Å². The molecule has 1 N–H and O–H groups in total. The summed E-state index contributed by atoms with van der Waals surface area (Å²) in [6, 6.07) is 1.17. The lowest BCUT2D eigenvalue weighted by molar-refractivity contribution is -0.122. The number of hydrogen-bond donors (Lipinski definition) is 1. The number of aromatic nitrogens is 4. The zero-order chi connectivity index (χ0) is 16.1. The molecule has 0 aliphatic rings. The van der Waals surface area contributed by atoms with Gasteiger partial charge in [-0.05, 0) is 18.9 Å². The maximum Gasteiger partial charge on any atom is 0.347 e. The van der Waals surface area contributed by atoms with Crippen molar-refractivity contribution in [2.75, 3.05) is 0 Å². The first-order valence-electron chi connectivity index (χ1n) is 7.09. The molecule has 0 aromatic carbocycles. The Bertz CT molecular complexity index is 692. The number of carbonyl (C=O) groups is 1. The van der Waals surface area contributed by atoms with E-state index in [9.17, 15) is 9.59 Å². The lowest BCUT2D eigenvalue weighted by atomic mass is 10.1. The molecular formula is C14H19N5O3. The molecule has 0 aliphatic carbocycles. The molecule has 22 heavy (non-hydrogen) atoms. The normalized spacial score (nSPS) is 12.4. The summed E-state index contributed by atoms with van der Waals surface area (Å²) in [6.45, 7) is 5.76. The van der Waals surface area contributed by atoms with Gasteiger partial charge >= 0.3 is 5.69 Å². The molecule has 1 atom stereocenters. The third kappa shape index (κ3) is 4.24. The predicted octanol–water partition coefficient (Wildman–Crippen LogP) is 0.702. The van der Waals surface area contributed by atoms with Gasteiger partial charge in [0.15, 0.2) is 5.82 Å². The molecule has 2 rings (SSSR count). The van der Waals surface area contributed by atoms with Crippen LogP contribution in [0.5, 0.6) is 0 Å². The molecule has 0 saturated heterocycles. The second-order valence-corrected chi connectivity index (χ2v) is 5.47. The maximum absolute atomic E-state index is 11.9. The van der Waals surface area contributed by atoms with Crippen molar-refractivity contribution in [1.29, 1.82) is 0 Å². The molecule has 0 fully saturated rings. The standard InChI is InChI=1S/C14H19N5O3/c1-9(2)7-11-17-13(22-18-11)10(3)16-12(20)8-19-6-4-5-15-14(19)21/h4-6,9-10H,7-8H2,1-3H3,(H,16,20)/t10-/m1/s1. The van der Waals surface area contributed by atoms with Gasteiger partial charge < -0.3 is 9.84 Å². The van der Waals surface area contributed by atoms with Gasteiger partial charge in [0.25, 0.3) is 0 Å². The summed E-state index contributed by atoms with van der Waals surface area (Å²) in [5.74, 6) is 1.07. The fourth-order valence-corrected chi connectivity index (χ4v) is 1.90. The third-order valence-electron chi connectivity index (χ3n) is 2.92. The highest BCUT2D eigenvalue weighted by molar-refractivity contribution is 5.76. The van der Waals surface area contributed by atoms with Crippen LogP contribution in [0.15, 0.2) is 27.8 Å². The molecule has 2 aromatic rings. The van der Waals surface area contributed by atoms with E-state index in [1.54, 1.807) is 13.0 Å². The second kappa shape index (κ2) is 6.97. The first-order chi connectivity index (χ1) is 10.5. The quantitative estimate of drug-likeness (QED) is 0.842. The summed E-state index contributed by atoms with van der Waals surface area (Å²) in [5, 5.41) is 6.60. The van der Waals surface area contributed by atoms with Crippen LogP contribution in [0, 0.1) is 5.92 Å². The van der Waals surface area contributed by atoms with Gasteiger partial charge in [-0.15, -0.1) is 0 Å². The monoisotopic (exact) mass is 305 g/mol. The fraction of sp³-hybridized carbons (Fsp3) is 0.500. The average molecular weight is 305 g/mol. The van der Waals surface area contributed by atoms with Crippen molar-refractivity contribution in [2.24, 2.45) is 5.92 Å². The van der Waals surface area contributed by atoms with Crippen molar-refractivity contribution in [3.8, 4) is 0 Å². The third-order valence-corrected chi connectivity index (χ3v) is 2.92. The molecule has 8 heteroatoms. The van der Waals surface area contributed by atoms with E-state index in [0.717, 1.165) is 6.42 Å². The first-order valence-corrected chi connectivity index (χ1v) is 7.09. The van der Waals surface area contributed by atoms with Crippen molar-refractivity contribution in [2.45, 2.75) is 39.8 Å². The highest BCUT2D eigenvalue weighted by Gasteiger charge is 2.17. The van der Waals surface area contributed by atoms with E-state index in [1.165, 1.54) is 17.0 Å². The zero-order valence-electron chi connectivity index (χ0n) is 12.8. The highest BCUT2D eigenvalue weighted by Crippen LogP contribution is 2.11. The molecule has 0 unspecified atom stereocenters. The van der Waals surface area contributed by atoms with Crippen LogP contribution in [-0.2, 0) is 17.8 Å². The SMILES string of the molecule is CC(C)Cc1noc([C@@H](C)NC(=O)Cn2cccnc2=O)n1. The van der Waals surface area contributed by atoms with Crippen molar-refractivity contribution in [3.05, 3.63) is 40.7 Å². The van der Waals surface area contributed by atoms with Crippen LogP contribution in [0.25, 0.3) is 0 Å². The minimum atomic E-state index is -0.470. The van der Waals surface area contributed by atoms with Gasteiger partial charge in [-0.3, -0.25) is 9.36 Å². The van der Waals surface area contributed by atoms with Crippen molar-refractivity contribution in [3.63, 3.8) is 0 Å². The molecule has 1 amide bonds. The number of nitrogens with zero attached hydrogens (tertiary/aromatic N) is 4. The van der Waals surface area contributed by atoms with Crippen molar-refractivity contribution >= 4 is 5.91 Å². The summed E-state index contributed by atoms with van der Waals surface area (Å²) in [4.78, 5) is 31.2. The number of rotatable bonds is 6. The van der Waals surface area contributed by atoms with E-state index >= 15 is 0 Å². The van der Waals surface area contributed by atoms with Gasteiger partial charge in [-0.25, -0.2) is 9.78 Å². The van der Waals surface area contributed by atoms with E-state index < -0.39 is 11.7 Å². The van der Waals surface area contributed by atoms with Gasteiger partial charge in [0, 0.05) is 18.8 Å². The Balaban J connectivity index is 1.95. The van der Waals surface area contributed by atoms with E-state index in [-0.39, 0.29) is 12.5 Å². The van der Waals surface area contributed by atoms with Gasteiger partial charge in [-0.2, -0.15) is 4.98 Å². The van der Waals surface area contributed by atoms with Crippen LogP contribution in [0.1, 0.15) is 38.5 Å². The smallest absolute Gasteiger partial charge is 0.343 e. The first kappa shape index (κ1) is 15.9. The van der Waals surface area contributed by atoms with Crippen molar-refractivity contribution in [1.82, 2.24) is 25.0 Å². The van der Waals surface area contributed by atoms with Crippen LogP contribution in [-0.4, -0.2) is 25.6 Å². The largest absolute Gasteiger partial charge is 0.347 e. The molecule has 0 aliphatic heterocycles. The Hall–Kier alpha value is -2.51. The van der Waals surface area contributed by atoms with E-state index in [4.69, 9.17) is 4.52 Å². The molecule has 0 saturated carbocycles. The van der Waals surface area contributed by atoms with Gasteiger partial charge in [-0.1, -0.05) is 19.0 Å². The second-order valence-electron chi connectivity index (χ2n) is 5.47. The summed E-state index contributed by atoms with van der Waals surface area (Å²) >= 11 is 0. The van der Waals surface area contributed by atoms with Crippen LogP contribution in [0.2, 0.25) is 0 Å². The molecule has 0 spiro atoms. The van der Waals surface area contributed by atoms with E-state index in [2.05, 4.69) is 34.3 Å². The zero-order valence-corrected chi connectivity index (χ0v) is 12.8. The molecular weight excluding hydrogens is 286 g/mol. The highest BCUT2D eigenvalue weighted by atomic mass is 16.5. The summed E-state index contributed by atoms with van der Waals surface area (Å²) in [5.41, 5.74) is -0.470. The van der Waals surface area contributed by atoms with Crippen molar-refractivity contribution < 1.29 is 9.32 Å². The lowest BCUT2D eigenvalue weighted by Crippen LogP contribution is -2.34. The molecule has 0 bridgehead atoms. The van der Waals surface area contributed by atoms with Gasteiger partial charge in [0.2, 0.25) is 11.8 Å². The molecule has 2 heterocycles. The molecule has 2 aromatic heterocycles. The molecule has 0 radical (unpaired) electrons. The topological polar surface area (TPSA) is 103 Å². The summed E-state index contributed by atoms with van der Waals surface area (Å²) in [6.07, 6.45) is 3.61. The van der Waals surface area contributed by atoms with Crippen LogP contribution in [0.3, 0.4) is 0 Å². The number of carbonyl (C=O) groups excluding carboxylic acids is 1. The Morgan fingerprint density at radius 3 is 2.86 bits per heavy atom. The maximum atomic E-state index is 11.9. The summed E-state index contributed by atoms with van der Waals surface area (Å²) < 4.78 is 6.37. The minimum absolute atomic E-state index is 0.107. The summed E-state index contributed by atoms with van der Waals surface area (Å²) in [7, 11) is 0. The Morgan fingerprint density at radius 1 is 1.41 bits per heavy atom. The molecule has 118 valence electrons. The Kier molecular flexibility index (Phi) is 5.03. The van der Waals surface area contributed by atoms with E-state index in [0.29, 0.717) is 17.6 Å². The van der Waals surface area contributed by atoms with Crippen LogP contribution < -0.4 is 11.0 Å². The van der Waals surface area contributed by atoms with Crippen LogP contribution >= 0.6 is 0 Å². The predicted molar refractivity (Wildman–Crippen MR) is 77.9 cm³/mol. The minimum Gasteiger partial charge on any atom is -0.343 e. The fourth-order valence-electron chi connectivity index (χ4n) is 1.90.